The van der Waals surface area contributed by atoms with Crippen molar-refractivity contribution in [3.63, 3.8) is 0 Å². The molecule has 0 bridgehead atoms. The SMILES string of the molecule is C[C@@]1(c2nc(Br)ccc2F)NOC2CC21. The van der Waals surface area contributed by atoms with Crippen molar-refractivity contribution in [3.05, 3.63) is 28.2 Å². The molecule has 1 aromatic rings. The van der Waals surface area contributed by atoms with Crippen LogP contribution in [0.1, 0.15) is 19.0 Å². The highest BCUT2D eigenvalue weighted by molar-refractivity contribution is 9.10. The normalized spacial score (nSPS) is 37.8. The summed E-state index contributed by atoms with van der Waals surface area (Å²) in [5.74, 6) is 0.0538. The molecule has 80 valence electrons. The van der Waals surface area contributed by atoms with Gasteiger partial charge in [0.1, 0.15) is 10.4 Å². The van der Waals surface area contributed by atoms with Crippen molar-refractivity contribution in [3.8, 4) is 0 Å². The summed E-state index contributed by atoms with van der Waals surface area (Å²) in [5.41, 5.74) is 2.84. The average Bonchev–Trinajstić information content (AvgIpc) is 2.92. The summed E-state index contributed by atoms with van der Waals surface area (Å²) >= 11 is 3.25. The molecule has 2 unspecified atom stereocenters. The standard InChI is InChI=1S/C10H10BrFN2O/c1-10(5-4-7(5)15-14-10)9-6(12)2-3-8(11)13-9/h2-3,5,7,14H,4H2,1H3/t5?,7?,10-/m1/s1. The number of hydrogen-bond donors (Lipinski definition) is 1. The Labute approximate surface area is 95.1 Å². The lowest BCUT2D eigenvalue weighted by atomic mass is 9.92. The van der Waals surface area contributed by atoms with Crippen molar-refractivity contribution in [2.24, 2.45) is 5.92 Å². The van der Waals surface area contributed by atoms with Crippen molar-refractivity contribution < 1.29 is 9.23 Å². The van der Waals surface area contributed by atoms with Gasteiger partial charge in [-0.05, 0) is 41.4 Å². The lowest BCUT2D eigenvalue weighted by Crippen LogP contribution is -2.38. The van der Waals surface area contributed by atoms with Crippen LogP contribution in [-0.2, 0) is 10.4 Å². The summed E-state index contributed by atoms with van der Waals surface area (Å²) in [6.45, 7) is 1.93. The van der Waals surface area contributed by atoms with E-state index in [-0.39, 0.29) is 11.9 Å². The molecule has 1 saturated carbocycles. The molecule has 15 heavy (non-hydrogen) atoms. The molecule has 1 aliphatic heterocycles. The predicted molar refractivity (Wildman–Crippen MR) is 55.4 cm³/mol. The van der Waals surface area contributed by atoms with Crippen LogP contribution in [0.3, 0.4) is 0 Å². The van der Waals surface area contributed by atoms with Gasteiger partial charge in [0.2, 0.25) is 0 Å². The van der Waals surface area contributed by atoms with E-state index in [4.69, 9.17) is 4.84 Å². The summed E-state index contributed by atoms with van der Waals surface area (Å²) in [6, 6.07) is 3.03. The van der Waals surface area contributed by atoms with Gasteiger partial charge in [0.25, 0.3) is 0 Å². The first-order chi connectivity index (χ1) is 7.11. The summed E-state index contributed by atoms with van der Waals surface area (Å²) in [6.07, 6.45) is 1.21. The molecule has 2 heterocycles. The van der Waals surface area contributed by atoms with Crippen LogP contribution in [0.2, 0.25) is 0 Å². The molecule has 1 N–H and O–H groups in total. The topological polar surface area (TPSA) is 34.2 Å². The number of fused-ring (bicyclic) bond motifs is 1. The second-order valence-electron chi connectivity index (χ2n) is 4.27. The van der Waals surface area contributed by atoms with Crippen LogP contribution in [0, 0.1) is 11.7 Å². The molecule has 0 amide bonds. The number of aromatic nitrogens is 1. The summed E-state index contributed by atoms with van der Waals surface area (Å²) < 4.78 is 14.3. The van der Waals surface area contributed by atoms with E-state index in [1.165, 1.54) is 6.07 Å². The zero-order chi connectivity index (χ0) is 10.6. The fourth-order valence-corrected chi connectivity index (χ4v) is 2.50. The Morgan fingerprint density at radius 3 is 3.07 bits per heavy atom. The molecule has 1 aromatic heterocycles. The molecule has 3 rings (SSSR count). The number of rotatable bonds is 1. The highest BCUT2D eigenvalue weighted by Gasteiger charge is 2.59. The van der Waals surface area contributed by atoms with Crippen molar-refractivity contribution in [1.82, 2.24) is 10.5 Å². The minimum atomic E-state index is -0.488. The van der Waals surface area contributed by atoms with E-state index in [2.05, 4.69) is 26.4 Å². The fourth-order valence-electron chi connectivity index (χ4n) is 2.19. The Hall–Kier alpha value is -0.520. The van der Waals surface area contributed by atoms with Gasteiger partial charge in [0, 0.05) is 5.92 Å². The average molecular weight is 273 g/mol. The van der Waals surface area contributed by atoms with Crippen LogP contribution >= 0.6 is 15.9 Å². The zero-order valence-electron chi connectivity index (χ0n) is 8.13. The van der Waals surface area contributed by atoms with E-state index in [0.717, 1.165) is 6.42 Å². The van der Waals surface area contributed by atoms with E-state index in [1.807, 2.05) is 6.92 Å². The Balaban J connectivity index is 2.08. The molecule has 1 saturated heterocycles. The smallest absolute Gasteiger partial charge is 0.146 e. The summed E-state index contributed by atoms with van der Waals surface area (Å²) in [7, 11) is 0. The van der Waals surface area contributed by atoms with Crippen molar-refractivity contribution >= 4 is 15.9 Å². The molecule has 2 aliphatic rings. The first-order valence-electron chi connectivity index (χ1n) is 4.86. The van der Waals surface area contributed by atoms with Gasteiger partial charge < -0.3 is 0 Å². The van der Waals surface area contributed by atoms with Gasteiger partial charge in [0.15, 0.2) is 0 Å². The monoisotopic (exact) mass is 272 g/mol. The van der Waals surface area contributed by atoms with Crippen LogP contribution in [0.4, 0.5) is 4.39 Å². The minimum Gasteiger partial charge on any atom is -0.297 e. The van der Waals surface area contributed by atoms with E-state index in [0.29, 0.717) is 16.2 Å². The number of hydroxylamine groups is 1. The Morgan fingerprint density at radius 2 is 2.47 bits per heavy atom. The lowest BCUT2D eigenvalue weighted by molar-refractivity contribution is 0.0199. The highest BCUT2D eigenvalue weighted by atomic mass is 79.9. The maximum absolute atomic E-state index is 13.7. The first kappa shape index (κ1) is 9.69. The Morgan fingerprint density at radius 1 is 1.67 bits per heavy atom. The number of nitrogens with zero attached hydrogens (tertiary/aromatic N) is 1. The van der Waals surface area contributed by atoms with Crippen molar-refractivity contribution in [1.29, 1.82) is 0 Å². The number of nitrogens with one attached hydrogen (secondary N) is 1. The van der Waals surface area contributed by atoms with Gasteiger partial charge in [-0.25, -0.2) is 9.37 Å². The molecule has 3 nitrogen and oxygen atoms in total. The van der Waals surface area contributed by atoms with Crippen molar-refractivity contribution in [2.45, 2.75) is 25.0 Å². The quantitative estimate of drug-likeness (QED) is 0.796. The number of hydrogen-bond acceptors (Lipinski definition) is 3. The molecule has 0 radical (unpaired) electrons. The van der Waals surface area contributed by atoms with Gasteiger partial charge in [-0.3, -0.25) is 4.84 Å². The molecule has 5 heteroatoms. The second-order valence-corrected chi connectivity index (χ2v) is 5.08. The maximum Gasteiger partial charge on any atom is 0.146 e. The maximum atomic E-state index is 13.7. The van der Waals surface area contributed by atoms with Gasteiger partial charge in [-0.1, -0.05) is 0 Å². The van der Waals surface area contributed by atoms with Crippen LogP contribution in [0.15, 0.2) is 16.7 Å². The summed E-state index contributed by atoms with van der Waals surface area (Å²) in [4.78, 5) is 9.52. The van der Waals surface area contributed by atoms with Crippen LogP contribution in [0.5, 0.6) is 0 Å². The van der Waals surface area contributed by atoms with Gasteiger partial charge in [-0.15, -0.1) is 0 Å². The Bertz CT molecular complexity index is 428. The van der Waals surface area contributed by atoms with Gasteiger partial charge in [-0.2, -0.15) is 5.48 Å². The van der Waals surface area contributed by atoms with Crippen molar-refractivity contribution in [2.75, 3.05) is 0 Å². The fraction of sp³-hybridized carbons (Fsp3) is 0.500. The molecule has 0 spiro atoms. The summed E-state index contributed by atoms with van der Waals surface area (Å²) in [5, 5.41) is 0. The minimum absolute atomic E-state index is 0.232. The first-order valence-corrected chi connectivity index (χ1v) is 5.66. The molecule has 0 aromatic carbocycles. The van der Waals surface area contributed by atoms with Crippen LogP contribution < -0.4 is 5.48 Å². The van der Waals surface area contributed by atoms with Gasteiger partial charge >= 0.3 is 0 Å². The molecular weight excluding hydrogens is 263 g/mol. The third-order valence-corrected chi connectivity index (χ3v) is 3.64. The number of pyridine rings is 1. The van der Waals surface area contributed by atoms with E-state index in [9.17, 15) is 4.39 Å². The third-order valence-electron chi connectivity index (χ3n) is 3.20. The predicted octanol–water partition coefficient (Wildman–Crippen LogP) is 2.12. The van der Waals surface area contributed by atoms with E-state index in [1.54, 1.807) is 6.07 Å². The molecule has 1 aliphatic carbocycles. The van der Waals surface area contributed by atoms with E-state index < -0.39 is 5.54 Å². The molecule has 3 atom stereocenters. The van der Waals surface area contributed by atoms with E-state index >= 15 is 0 Å². The number of halogens is 2. The molecular formula is C10H10BrFN2O. The zero-order valence-corrected chi connectivity index (χ0v) is 9.71. The lowest BCUT2D eigenvalue weighted by Gasteiger charge is -2.25. The molecule has 2 fully saturated rings. The van der Waals surface area contributed by atoms with Crippen LogP contribution in [0.25, 0.3) is 0 Å². The largest absolute Gasteiger partial charge is 0.297 e. The van der Waals surface area contributed by atoms with Gasteiger partial charge in [0.05, 0.1) is 17.3 Å². The Kier molecular flexibility index (Phi) is 1.93. The van der Waals surface area contributed by atoms with Crippen LogP contribution in [-0.4, -0.2) is 11.1 Å². The highest BCUT2D eigenvalue weighted by Crippen LogP contribution is 2.52. The third kappa shape index (κ3) is 1.33. The second kappa shape index (κ2) is 2.99.